The Morgan fingerprint density at radius 3 is 1.36 bits per heavy atom. The zero-order valence-electron chi connectivity index (χ0n) is 17.3. The molecule has 0 atom stereocenters. The second-order valence-corrected chi connectivity index (χ2v) is 6.97. The Kier molecular flexibility index (Phi) is 10.7. The van der Waals surface area contributed by atoms with Crippen LogP contribution in [0.5, 0.6) is 0 Å². The zero-order chi connectivity index (χ0) is 19.6. The standard InChI is InChI=1S/C17H35N3O4Si/c1-11(2)14(7)18-21-10-17(24-25,22-19-15(8)12(3)4)23-20-16(9)13(5)6/h18-20H,10H2,1-9,25H3. The molecule has 0 aromatic heterocycles. The lowest BCUT2D eigenvalue weighted by Crippen LogP contribution is -2.50. The van der Waals surface area contributed by atoms with Gasteiger partial charge in [0.25, 0.3) is 0 Å². The largest absolute Gasteiger partial charge is 0.376 e. The van der Waals surface area contributed by atoms with Crippen LogP contribution in [0.15, 0.2) is 33.8 Å². The highest BCUT2D eigenvalue weighted by Crippen LogP contribution is 2.15. The van der Waals surface area contributed by atoms with E-state index in [2.05, 4.69) is 16.4 Å². The number of hydroxylamine groups is 3. The summed E-state index contributed by atoms with van der Waals surface area (Å²) in [4.78, 5) is 16.9. The van der Waals surface area contributed by atoms with Crippen LogP contribution in [-0.2, 0) is 18.9 Å². The van der Waals surface area contributed by atoms with Crippen molar-refractivity contribution in [3.63, 3.8) is 0 Å². The minimum atomic E-state index is -1.44. The van der Waals surface area contributed by atoms with Crippen molar-refractivity contribution in [3.8, 4) is 0 Å². The first-order valence-electron chi connectivity index (χ1n) is 8.28. The average Bonchev–Trinajstić information content (AvgIpc) is 2.55. The predicted molar refractivity (Wildman–Crippen MR) is 103 cm³/mol. The molecule has 0 heterocycles. The molecule has 0 spiro atoms. The molecule has 25 heavy (non-hydrogen) atoms. The van der Waals surface area contributed by atoms with Gasteiger partial charge in [-0.15, -0.1) is 0 Å². The first-order chi connectivity index (χ1) is 11.5. The third-order valence-corrected chi connectivity index (χ3v) is 4.38. The Bertz CT molecular complexity index is 490. The highest BCUT2D eigenvalue weighted by molar-refractivity contribution is 5.98. The van der Waals surface area contributed by atoms with Crippen LogP contribution in [0.3, 0.4) is 0 Å². The fourth-order valence-electron chi connectivity index (χ4n) is 1.07. The molecule has 0 radical (unpaired) electrons. The van der Waals surface area contributed by atoms with Gasteiger partial charge in [0, 0.05) is 17.1 Å². The van der Waals surface area contributed by atoms with Gasteiger partial charge in [-0.25, -0.2) is 9.68 Å². The van der Waals surface area contributed by atoms with Gasteiger partial charge in [0.1, 0.15) is 0 Å². The molecule has 146 valence electrons. The summed E-state index contributed by atoms with van der Waals surface area (Å²) in [5.41, 5.74) is 14.6. The zero-order valence-corrected chi connectivity index (χ0v) is 19.3. The summed E-state index contributed by atoms with van der Waals surface area (Å²) in [7, 11) is 0.387. The van der Waals surface area contributed by atoms with Crippen LogP contribution in [-0.4, -0.2) is 23.1 Å². The van der Waals surface area contributed by atoms with Crippen molar-refractivity contribution in [3.05, 3.63) is 33.8 Å². The van der Waals surface area contributed by atoms with Crippen molar-refractivity contribution in [2.24, 2.45) is 0 Å². The summed E-state index contributed by atoms with van der Waals surface area (Å²) >= 11 is 0. The SMILES string of the molecule is CC(C)=C(C)NOCC(O[SiH3])(ONC(C)=C(C)C)ONC(C)=C(C)C. The molecule has 0 amide bonds. The Balaban J connectivity index is 5.13. The van der Waals surface area contributed by atoms with E-state index in [1.54, 1.807) is 0 Å². The first-order valence-corrected chi connectivity index (χ1v) is 9.09. The lowest BCUT2D eigenvalue weighted by atomic mass is 10.3. The monoisotopic (exact) mass is 373 g/mol. The maximum absolute atomic E-state index is 5.69. The van der Waals surface area contributed by atoms with Gasteiger partial charge in [-0.1, -0.05) is 16.7 Å². The van der Waals surface area contributed by atoms with E-state index in [-0.39, 0.29) is 6.61 Å². The van der Waals surface area contributed by atoms with Crippen molar-refractivity contribution < 1.29 is 18.9 Å². The van der Waals surface area contributed by atoms with E-state index < -0.39 is 5.97 Å². The summed E-state index contributed by atoms with van der Waals surface area (Å²) in [5.74, 6) is -1.44. The Labute approximate surface area is 155 Å². The van der Waals surface area contributed by atoms with E-state index in [9.17, 15) is 0 Å². The molecular weight excluding hydrogens is 338 g/mol. The van der Waals surface area contributed by atoms with E-state index in [1.807, 2.05) is 62.3 Å². The van der Waals surface area contributed by atoms with Gasteiger partial charge in [-0.05, 0) is 62.3 Å². The summed E-state index contributed by atoms with van der Waals surface area (Å²) in [6.07, 6.45) is 0. The van der Waals surface area contributed by atoms with Crippen LogP contribution in [0.25, 0.3) is 0 Å². The van der Waals surface area contributed by atoms with E-state index in [0.717, 1.165) is 33.8 Å². The van der Waals surface area contributed by atoms with Crippen molar-refractivity contribution in [1.29, 1.82) is 0 Å². The fourth-order valence-corrected chi connectivity index (χ4v) is 1.35. The highest BCUT2D eigenvalue weighted by atomic mass is 28.2. The van der Waals surface area contributed by atoms with Gasteiger partial charge in [0.2, 0.25) is 0 Å². The molecule has 0 aromatic carbocycles. The Morgan fingerprint density at radius 2 is 1.04 bits per heavy atom. The maximum Gasteiger partial charge on any atom is 0.342 e. The molecule has 0 saturated heterocycles. The van der Waals surface area contributed by atoms with Crippen molar-refractivity contribution in [2.45, 2.75) is 68.3 Å². The summed E-state index contributed by atoms with van der Waals surface area (Å²) in [5, 5.41) is 0. The number of hydrogen-bond acceptors (Lipinski definition) is 7. The van der Waals surface area contributed by atoms with E-state index in [0.29, 0.717) is 10.5 Å². The van der Waals surface area contributed by atoms with E-state index >= 15 is 0 Å². The molecule has 7 nitrogen and oxygen atoms in total. The molecule has 0 saturated carbocycles. The van der Waals surface area contributed by atoms with E-state index in [4.69, 9.17) is 18.9 Å². The maximum atomic E-state index is 5.69. The lowest BCUT2D eigenvalue weighted by molar-refractivity contribution is -0.397. The molecular formula is C17H35N3O4Si. The lowest BCUT2D eigenvalue weighted by Gasteiger charge is -2.32. The number of rotatable bonds is 11. The summed E-state index contributed by atoms with van der Waals surface area (Å²) in [6.45, 7) is 17.7. The van der Waals surface area contributed by atoms with Crippen LogP contribution < -0.4 is 16.4 Å². The quantitative estimate of drug-likeness (QED) is 0.292. The van der Waals surface area contributed by atoms with Gasteiger partial charge in [-0.3, -0.25) is 21.3 Å². The normalized spacial score (nSPS) is 10.9. The molecule has 0 aromatic rings. The van der Waals surface area contributed by atoms with E-state index in [1.165, 1.54) is 0 Å². The summed E-state index contributed by atoms with van der Waals surface area (Å²) in [6, 6.07) is 0. The molecule has 0 rings (SSSR count). The van der Waals surface area contributed by atoms with Crippen molar-refractivity contribution in [2.75, 3.05) is 6.61 Å². The minimum absolute atomic E-state index is 0.00715. The van der Waals surface area contributed by atoms with Crippen LogP contribution in [0.4, 0.5) is 0 Å². The fraction of sp³-hybridized carbons (Fsp3) is 0.647. The van der Waals surface area contributed by atoms with Gasteiger partial charge < -0.3 is 4.43 Å². The molecule has 0 fully saturated rings. The molecule has 0 aliphatic carbocycles. The average molecular weight is 374 g/mol. The number of allylic oxidation sites excluding steroid dienone is 6. The minimum Gasteiger partial charge on any atom is -0.376 e. The van der Waals surface area contributed by atoms with Gasteiger partial charge in [-0.2, -0.15) is 0 Å². The number of nitrogens with one attached hydrogen (secondary N) is 3. The summed E-state index contributed by atoms with van der Waals surface area (Å²) < 4.78 is 5.58. The molecule has 0 bridgehead atoms. The Hall–Kier alpha value is -1.32. The third kappa shape index (κ3) is 9.08. The smallest absolute Gasteiger partial charge is 0.342 e. The highest BCUT2D eigenvalue weighted by Gasteiger charge is 2.35. The van der Waals surface area contributed by atoms with Gasteiger partial charge >= 0.3 is 5.97 Å². The molecule has 8 heteroatoms. The molecule has 0 aliphatic heterocycles. The predicted octanol–water partition coefficient (Wildman–Crippen LogP) is 2.44. The molecule has 3 N–H and O–H groups in total. The van der Waals surface area contributed by atoms with Crippen LogP contribution in [0.1, 0.15) is 62.3 Å². The van der Waals surface area contributed by atoms with Crippen molar-refractivity contribution >= 4 is 10.5 Å². The second-order valence-electron chi connectivity index (χ2n) is 6.56. The van der Waals surface area contributed by atoms with Crippen LogP contribution >= 0.6 is 0 Å². The van der Waals surface area contributed by atoms with Gasteiger partial charge in [0.15, 0.2) is 17.1 Å². The Morgan fingerprint density at radius 1 is 0.680 bits per heavy atom. The third-order valence-electron chi connectivity index (χ3n) is 3.75. The van der Waals surface area contributed by atoms with Crippen molar-refractivity contribution in [1.82, 2.24) is 16.4 Å². The van der Waals surface area contributed by atoms with Crippen LogP contribution in [0, 0.1) is 0 Å². The topological polar surface area (TPSA) is 73.0 Å². The number of hydrogen-bond donors (Lipinski definition) is 3. The molecule has 0 unspecified atom stereocenters. The van der Waals surface area contributed by atoms with Gasteiger partial charge in [0.05, 0.1) is 0 Å². The first kappa shape index (κ1) is 23.7. The molecule has 0 aliphatic rings. The van der Waals surface area contributed by atoms with Crippen LogP contribution in [0.2, 0.25) is 0 Å². The second kappa shape index (κ2) is 11.3.